The van der Waals surface area contributed by atoms with Gasteiger partial charge in [0.05, 0.1) is 0 Å². The van der Waals surface area contributed by atoms with Crippen LogP contribution in [0.15, 0.2) is 66.7 Å². The number of rotatable bonds is 13. The average Bonchev–Trinajstić information content (AvgIpc) is 2.96. The summed E-state index contributed by atoms with van der Waals surface area (Å²) in [5.41, 5.74) is 1.23. The van der Waals surface area contributed by atoms with E-state index in [1.54, 1.807) is 49.9 Å². The predicted octanol–water partition coefficient (Wildman–Crippen LogP) is 7.21. The van der Waals surface area contributed by atoms with Gasteiger partial charge >= 0.3 is 6.09 Å². The molecule has 3 aromatic carbocycles. The Balaban J connectivity index is 1.90. The number of unbranched alkanes of at least 4 members (excludes halogenated alkanes) is 5. The van der Waals surface area contributed by atoms with Crippen molar-refractivity contribution >= 4 is 34.4 Å². The minimum atomic E-state index is -0.938. The van der Waals surface area contributed by atoms with Gasteiger partial charge in [-0.2, -0.15) is 0 Å². The van der Waals surface area contributed by atoms with Gasteiger partial charge in [0, 0.05) is 17.8 Å². The molecule has 0 saturated heterocycles. The maximum atomic E-state index is 14.0. The zero-order chi connectivity index (χ0) is 30.5. The zero-order valence-electron chi connectivity index (χ0n) is 25.2. The second-order valence-corrected chi connectivity index (χ2v) is 11.4. The standard InChI is InChI=1S/C35H43N3O4/c1-6-8-9-10-11-14-23-38(31(39)25-36-34(41)42-35(3,4)5)32(28-19-17-26(7-2)18-20-28)33(40)37-30-22-21-27-15-12-13-16-29(27)24-30/h2,12-13,15-22,24,32H,6,8-11,14,23,25H2,1,3-5H3,(H,36,41)(H,37,40). The number of ether oxygens (including phenoxy) is 1. The summed E-state index contributed by atoms with van der Waals surface area (Å²) in [5, 5.41) is 7.64. The molecule has 0 fully saturated rings. The highest BCUT2D eigenvalue weighted by molar-refractivity contribution is 6.00. The van der Waals surface area contributed by atoms with Crippen LogP contribution >= 0.6 is 0 Å². The molecule has 0 aromatic heterocycles. The Bertz CT molecular complexity index is 1390. The molecule has 0 aliphatic carbocycles. The van der Waals surface area contributed by atoms with Crippen LogP contribution in [0.5, 0.6) is 0 Å². The van der Waals surface area contributed by atoms with Gasteiger partial charge in [-0.25, -0.2) is 4.79 Å². The highest BCUT2D eigenvalue weighted by atomic mass is 16.6. The smallest absolute Gasteiger partial charge is 0.408 e. The molecule has 3 aromatic rings. The first-order chi connectivity index (χ1) is 20.1. The number of fused-ring (bicyclic) bond motifs is 1. The Morgan fingerprint density at radius 1 is 0.905 bits per heavy atom. The quantitative estimate of drug-likeness (QED) is 0.168. The van der Waals surface area contributed by atoms with Gasteiger partial charge in [-0.1, -0.05) is 87.4 Å². The molecule has 3 rings (SSSR count). The molecule has 3 amide bonds. The van der Waals surface area contributed by atoms with E-state index in [1.165, 1.54) is 6.42 Å². The highest BCUT2D eigenvalue weighted by Crippen LogP contribution is 2.26. The van der Waals surface area contributed by atoms with E-state index >= 15 is 0 Å². The van der Waals surface area contributed by atoms with Gasteiger partial charge in [-0.15, -0.1) is 6.42 Å². The van der Waals surface area contributed by atoms with Crippen molar-refractivity contribution < 1.29 is 19.1 Å². The maximum absolute atomic E-state index is 14.0. The molecule has 42 heavy (non-hydrogen) atoms. The fourth-order valence-corrected chi connectivity index (χ4v) is 4.74. The van der Waals surface area contributed by atoms with E-state index in [4.69, 9.17) is 11.2 Å². The fraction of sp³-hybridized carbons (Fsp3) is 0.400. The number of hydrogen-bond acceptors (Lipinski definition) is 4. The fourth-order valence-electron chi connectivity index (χ4n) is 4.74. The van der Waals surface area contributed by atoms with Crippen molar-refractivity contribution in [1.82, 2.24) is 10.2 Å². The lowest BCUT2D eigenvalue weighted by molar-refractivity contribution is -0.138. The van der Waals surface area contributed by atoms with Gasteiger partial charge in [-0.3, -0.25) is 9.59 Å². The van der Waals surface area contributed by atoms with Gasteiger partial charge in [0.1, 0.15) is 18.2 Å². The van der Waals surface area contributed by atoms with Crippen LogP contribution in [0, 0.1) is 12.3 Å². The van der Waals surface area contributed by atoms with Gasteiger partial charge in [0.2, 0.25) is 5.91 Å². The van der Waals surface area contributed by atoms with Crippen LogP contribution in [0.1, 0.15) is 83.4 Å². The number of terminal acetylenes is 1. The van der Waals surface area contributed by atoms with Crippen LogP contribution in [0.25, 0.3) is 10.8 Å². The summed E-state index contributed by atoms with van der Waals surface area (Å²) in [4.78, 5) is 41.6. The van der Waals surface area contributed by atoms with Crippen LogP contribution < -0.4 is 10.6 Å². The van der Waals surface area contributed by atoms with Crippen LogP contribution in [-0.2, 0) is 14.3 Å². The number of amides is 3. The molecule has 0 radical (unpaired) electrons. The molecule has 0 heterocycles. The van der Waals surface area contributed by atoms with Gasteiger partial charge in [0.25, 0.3) is 5.91 Å². The Morgan fingerprint density at radius 3 is 2.24 bits per heavy atom. The zero-order valence-corrected chi connectivity index (χ0v) is 25.2. The third kappa shape index (κ3) is 9.95. The number of carbonyl (C=O) groups excluding carboxylic acids is 3. The van der Waals surface area contributed by atoms with Crippen molar-refractivity contribution in [1.29, 1.82) is 0 Å². The lowest BCUT2D eigenvalue weighted by Gasteiger charge is -2.32. The lowest BCUT2D eigenvalue weighted by atomic mass is 10.0. The monoisotopic (exact) mass is 569 g/mol. The number of anilines is 1. The topological polar surface area (TPSA) is 87.7 Å². The van der Waals surface area contributed by atoms with Crippen LogP contribution in [-0.4, -0.2) is 41.5 Å². The number of hydrogen-bond donors (Lipinski definition) is 2. The number of nitrogens with zero attached hydrogens (tertiary/aromatic N) is 1. The molecule has 222 valence electrons. The molecule has 1 unspecified atom stereocenters. The normalized spacial score (nSPS) is 11.8. The van der Waals surface area contributed by atoms with E-state index in [0.717, 1.165) is 42.9 Å². The first kappa shape index (κ1) is 32.2. The summed E-state index contributed by atoms with van der Waals surface area (Å²) in [6, 6.07) is 19.8. The van der Waals surface area contributed by atoms with Crippen molar-refractivity contribution in [3.05, 3.63) is 77.9 Å². The van der Waals surface area contributed by atoms with E-state index < -0.39 is 17.7 Å². The number of carbonyl (C=O) groups is 3. The van der Waals surface area contributed by atoms with E-state index in [0.29, 0.717) is 23.4 Å². The van der Waals surface area contributed by atoms with Crippen molar-refractivity contribution in [2.75, 3.05) is 18.4 Å². The minimum absolute atomic E-state index is 0.299. The minimum Gasteiger partial charge on any atom is -0.444 e. The second-order valence-electron chi connectivity index (χ2n) is 11.4. The third-order valence-electron chi connectivity index (χ3n) is 6.83. The predicted molar refractivity (Wildman–Crippen MR) is 169 cm³/mol. The molecular weight excluding hydrogens is 526 g/mol. The molecule has 0 spiro atoms. The molecule has 7 nitrogen and oxygen atoms in total. The van der Waals surface area contributed by atoms with Crippen molar-refractivity contribution in [3.8, 4) is 12.3 Å². The first-order valence-electron chi connectivity index (χ1n) is 14.7. The van der Waals surface area contributed by atoms with Crippen molar-refractivity contribution in [3.63, 3.8) is 0 Å². The van der Waals surface area contributed by atoms with Gasteiger partial charge < -0.3 is 20.3 Å². The maximum Gasteiger partial charge on any atom is 0.408 e. The Kier molecular flexibility index (Phi) is 12.0. The molecular formula is C35H43N3O4. The summed E-state index contributed by atoms with van der Waals surface area (Å²) < 4.78 is 5.32. The van der Waals surface area contributed by atoms with Gasteiger partial charge in [0.15, 0.2) is 0 Å². The third-order valence-corrected chi connectivity index (χ3v) is 6.83. The summed E-state index contributed by atoms with van der Waals surface area (Å²) in [6.45, 7) is 7.49. The molecule has 7 heteroatoms. The van der Waals surface area contributed by atoms with E-state index in [1.807, 2.05) is 42.5 Å². The largest absolute Gasteiger partial charge is 0.444 e. The summed E-state index contributed by atoms with van der Waals surface area (Å²) in [5.74, 6) is 1.87. The van der Waals surface area contributed by atoms with Crippen LogP contribution in [0.2, 0.25) is 0 Å². The van der Waals surface area contributed by atoms with Gasteiger partial charge in [-0.05, 0) is 67.8 Å². The lowest BCUT2D eigenvalue weighted by Crippen LogP contribution is -2.47. The average molecular weight is 570 g/mol. The van der Waals surface area contributed by atoms with E-state index in [9.17, 15) is 14.4 Å². The Labute approximate surface area is 250 Å². The molecule has 1 atom stereocenters. The molecule has 0 aliphatic heterocycles. The number of alkyl carbamates (subject to hydrolysis) is 1. The van der Waals surface area contributed by atoms with Crippen molar-refractivity contribution in [2.24, 2.45) is 0 Å². The summed E-state index contributed by atoms with van der Waals surface area (Å²) >= 11 is 0. The highest BCUT2D eigenvalue weighted by Gasteiger charge is 2.32. The Hall–Kier alpha value is -4.31. The molecule has 2 N–H and O–H groups in total. The summed E-state index contributed by atoms with van der Waals surface area (Å²) in [7, 11) is 0. The molecule has 0 aliphatic rings. The number of benzene rings is 3. The molecule has 0 saturated carbocycles. The number of nitrogens with one attached hydrogen (secondary N) is 2. The Morgan fingerprint density at radius 2 is 1.57 bits per heavy atom. The first-order valence-corrected chi connectivity index (χ1v) is 14.7. The SMILES string of the molecule is C#Cc1ccc(C(C(=O)Nc2ccc3ccccc3c2)N(CCCCCCCC)C(=O)CNC(=O)OC(C)(C)C)cc1. The van der Waals surface area contributed by atoms with E-state index in [-0.39, 0.29) is 18.4 Å². The van der Waals surface area contributed by atoms with Crippen molar-refractivity contribution in [2.45, 2.75) is 77.9 Å². The molecule has 0 bridgehead atoms. The van der Waals surface area contributed by atoms with Crippen LogP contribution in [0.3, 0.4) is 0 Å². The van der Waals surface area contributed by atoms with Crippen LogP contribution in [0.4, 0.5) is 10.5 Å². The second kappa shape index (κ2) is 15.6. The van der Waals surface area contributed by atoms with E-state index in [2.05, 4.69) is 23.5 Å². The summed E-state index contributed by atoms with van der Waals surface area (Å²) in [6.07, 6.45) is 11.0.